The SMILES string of the molecule is Cn1c(-c2nc(N)ncc2C#Cc2cccc(N(Cl)C(=O)CCc3cccc(C(F)(F)F)c3)c2)cc2c1CCNC2=O. The van der Waals surface area contributed by atoms with Crippen molar-refractivity contribution in [1.29, 1.82) is 0 Å². The van der Waals surface area contributed by atoms with Gasteiger partial charge in [-0.15, -0.1) is 0 Å². The molecule has 0 radical (unpaired) electrons. The number of nitrogens with one attached hydrogen (secondary N) is 1. The van der Waals surface area contributed by atoms with E-state index in [9.17, 15) is 22.8 Å². The largest absolute Gasteiger partial charge is 0.416 e. The van der Waals surface area contributed by atoms with E-state index in [1.54, 1.807) is 30.3 Å². The first-order valence-electron chi connectivity index (χ1n) is 12.9. The number of amides is 2. The molecule has 2 aromatic carbocycles. The van der Waals surface area contributed by atoms with Gasteiger partial charge in [0, 0.05) is 55.7 Å². The zero-order chi connectivity index (χ0) is 30.0. The Hall–Kier alpha value is -4.82. The minimum Gasteiger partial charge on any atom is -0.368 e. The number of hydrogen-bond donors (Lipinski definition) is 2. The quantitative estimate of drug-likeness (QED) is 0.254. The van der Waals surface area contributed by atoms with Gasteiger partial charge in [0.1, 0.15) is 5.69 Å². The zero-order valence-corrected chi connectivity index (χ0v) is 23.1. The number of anilines is 2. The van der Waals surface area contributed by atoms with Gasteiger partial charge in [0.2, 0.25) is 11.9 Å². The maximum absolute atomic E-state index is 13.0. The number of nitrogens with two attached hydrogens (primary N) is 1. The monoisotopic (exact) mass is 592 g/mol. The molecule has 8 nitrogen and oxygen atoms in total. The molecule has 0 fully saturated rings. The normalized spacial score (nSPS) is 12.6. The Labute approximate surface area is 244 Å². The van der Waals surface area contributed by atoms with Crippen LogP contribution in [0.25, 0.3) is 11.4 Å². The number of rotatable bonds is 5. The van der Waals surface area contributed by atoms with Crippen LogP contribution in [0.15, 0.2) is 60.8 Å². The van der Waals surface area contributed by atoms with Crippen molar-refractivity contribution in [3.63, 3.8) is 0 Å². The van der Waals surface area contributed by atoms with E-state index in [1.165, 1.54) is 18.3 Å². The minimum atomic E-state index is -4.46. The molecule has 0 bridgehead atoms. The molecule has 0 aliphatic carbocycles. The summed E-state index contributed by atoms with van der Waals surface area (Å²) in [6.45, 7) is 0.545. The van der Waals surface area contributed by atoms with Crippen molar-refractivity contribution in [2.24, 2.45) is 7.05 Å². The number of carbonyl (C=O) groups excluding carboxylic acids is 2. The van der Waals surface area contributed by atoms with Crippen LogP contribution < -0.4 is 15.5 Å². The Balaban J connectivity index is 1.35. The van der Waals surface area contributed by atoms with Crippen LogP contribution in [0.5, 0.6) is 0 Å². The number of nitrogens with zero attached hydrogens (tertiary/aromatic N) is 4. The van der Waals surface area contributed by atoms with E-state index in [1.807, 2.05) is 11.6 Å². The fourth-order valence-electron chi connectivity index (χ4n) is 4.68. The second-order valence-electron chi connectivity index (χ2n) is 9.62. The van der Waals surface area contributed by atoms with Crippen molar-refractivity contribution in [3.05, 3.63) is 94.3 Å². The molecule has 3 heterocycles. The number of halogens is 4. The van der Waals surface area contributed by atoms with Gasteiger partial charge in [-0.05, 0) is 42.3 Å². The van der Waals surface area contributed by atoms with Crippen molar-refractivity contribution < 1.29 is 22.8 Å². The molecule has 2 amide bonds. The number of hydrogen-bond acceptors (Lipinski definition) is 5. The van der Waals surface area contributed by atoms with E-state index >= 15 is 0 Å². The summed E-state index contributed by atoms with van der Waals surface area (Å²) in [4.78, 5) is 33.6. The lowest BCUT2D eigenvalue weighted by Crippen LogP contribution is -2.31. The van der Waals surface area contributed by atoms with Crippen LogP contribution in [0.1, 0.15) is 44.7 Å². The summed E-state index contributed by atoms with van der Waals surface area (Å²) in [5.41, 5.74) is 9.46. The molecule has 0 saturated heterocycles. The molecule has 12 heteroatoms. The summed E-state index contributed by atoms with van der Waals surface area (Å²) >= 11 is 6.30. The second kappa shape index (κ2) is 11.6. The highest BCUT2D eigenvalue weighted by atomic mass is 35.5. The molecule has 0 spiro atoms. The van der Waals surface area contributed by atoms with E-state index < -0.39 is 17.6 Å². The fraction of sp³-hybridized carbons (Fsp3) is 0.200. The van der Waals surface area contributed by atoms with E-state index in [0.717, 1.165) is 22.2 Å². The van der Waals surface area contributed by atoms with Gasteiger partial charge in [0.25, 0.3) is 5.91 Å². The summed E-state index contributed by atoms with van der Waals surface area (Å²) in [5, 5.41) is 2.83. The van der Waals surface area contributed by atoms with Crippen molar-refractivity contribution in [2.75, 3.05) is 16.7 Å². The molecule has 0 atom stereocenters. The number of aryl methyl sites for hydroxylation is 1. The van der Waals surface area contributed by atoms with Crippen LogP contribution >= 0.6 is 11.8 Å². The first-order valence-corrected chi connectivity index (χ1v) is 13.2. The smallest absolute Gasteiger partial charge is 0.368 e. The third-order valence-electron chi connectivity index (χ3n) is 6.82. The summed E-state index contributed by atoms with van der Waals surface area (Å²) in [7, 11) is 1.85. The van der Waals surface area contributed by atoms with Crippen LogP contribution in [0, 0.1) is 11.8 Å². The second-order valence-corrected chi connectivity index (χ2v) is 9.96. The Morgan fingerprint density at radius 3 is 2.71 bits per heavy atom. The fourth-order valence-corrected chi connectivity index (χ4v) is 4.87. The molecular weight excluding hydrogens is 569 g/mol. The number of benzene rings is 2. The van der Waals surface area contributed by atoms with Gasteiger partial charge in [-0.2, -0.15) is 13.2 Å². The lowest BCUT2D eigenvalue weighted by Gasteiger charge is -2.15. The number of alkyl halides is 3. The Morgan fingerprint density at radius 1 is 1.17 bits per heavy atom. The van der Waals surface area contributed by atoms with Gasteiger partial charge in [0.15, 0.2) is 0 Å². The van der Waals surface area contributed by atoms with E-state index in [0.29, 0.717) is 52.3 Å². The van der Waals surface area contributed by atoms with Crippen LogP contribution in [-0.2, 0) is 30.9 Å². The molecule has 1 aliphatic rings. The summed E-state index contributed by atoms with van der Waals surface area (Å²) in [5.74, 6) is 5.50. The zero-order valence-electron chi connectivity index (χ0n) is 22.3. The van der Waals surface area contributed by atoms with E-state index in [4.69, 9.17) is 17.5 Å². The van der Waals surface area contributed by atoms with Crippen LogP contribution in [0.3, 0.4) is 0 Å². The van der Waals surface area contributed by atoms with Crippen LogP contribution in [0.2, 0.25) is 0 Å². The van der Waals surface area contributed by atoms with Gasteiger partial charge < -0.3 is 15.6 Å². The number of nitrogen functional groups attached to an aromatic ring is 1. The topological polar surface area (TPSA) is 106 Å². The van der Waals surface area contributed by atoms with Crippen molar-refractivity contribution in [3.8, 4) is 23.2 Å². The summed E-state index contributed by atoms with van der Waals surface area (Å²) < 4.78 is 41.8. The highest BCUT2D eigenvalue weighted by Crippen LogP contribution is 2.30. The lowest BCUT2D eigenvalue weighted by molar-refractivity contribution is -0.137. The first-order chi connectivity index (χ1) is 20.0. The summed E-state index contributed by atoms with van der Waals surface area (Å²) in [6, 6.07) is 13.3. The Morgan fingerprint density at radius 2 is 1.95 bits per heavy atom. The Kier molecular flexibility index (Phi) is 7.91. The number of fused-ring (bicyclic) bond motifs is 1. The molecule has 5 rings (SSSR count). The standard InChI is InChI=1S/C30H24ClF3N6O2/c1-39-24-12-13-36-28(42)23(24)16-25(39)27-20(17-37-29(35)38-27)10-8-19-5-3-7-22(15-19)40(31)26(41)11-9-18-4-2-6-21(14-18)30(32,33)34/h2-7,14-17H,9,11-13H2,1H3,(H,36,42)(H2,35,37,38). The highest BCUT2D eigenvalue weighted by Gasteiger charge is 2.30. The third-order valence-corrected chi connectivity index (χ3v) is 7.20. The minimum absolute atomic E-state index is 0.0580. The Bertz CT molecular complexity index is 1760. The molecule has 0 saturated carbocycles. The molecule has 2 aromatic heterocycles. The molecular formula is C30H24ClF3N6O2. The molecule has 1 aliphatic heterocycles. The van der Waals surface area contributed by atoms with E-state index in [-0.39, 0.29) is 24.7 Å². The average Bonchev–Trinajstić information content (AvgIpc) is 3.32. The summed E-state index contributed by atoms with van der Waals surface area (Å²) in [6.07, 6.45) is -2.28. The van der Waals surface area contributed by atoms with Gasteiger partial charge in [-0.3, -0.25) is 9.59 Å². The predicted octanol–water partition coefficient (Wildman–Crippen LogP) is 4.89. The third kappa shape index (κ3) is 6.09. The molecule has 4 aromatic rings. The van der Waals surface area contributed by atoms with Crippen LogP contribution in [0.4, 0.5) is 24.8 Å². The predicted molar refractivity (Wildman–Crippen MR) is 152 cm³/mol. The van der Waals surface area contributed by atoms with Crippen molar-refractivity contribution >= 4 is 35.2 Å². The highest BCUT2D eigenvalue weighted by molar-refractivity contribution is 6.36. The maximum Gasteiger partial charge on any atom is 0.416 e. The first kappa shape index (κ1) is 28.7. The van der Waals surface area contributed by atoms with E-state index in [2.05, 4.69) is 27.1 Å². The van der Waals surface area contributed by atoms with Crippen LogP contribution in [-0.4, -0.2) is 32.9 Å². The molecule has 0 unspecified atom stereocenters. The van der Waals surface area contributed by atoms with Gasteiger partial charge in [0.05, 0.1) is 28.1 Å². The molecule has 3 N–H and O–H groups in total. The van der Waals surface area contributed by atoms with Gasteiger partial charge >= 0.3 is 6.18 Å². The maximum atomic E-state index is 13.0. The van der Waals surface area contributed by atoms with Crippen molar-refractivity contribution in [2.45, 2.75) is 25.4 Å². The molecule has 214 valence electrons. The number of carbonyl (C=O) groups is 2. The number of aromatic nitrogens is 3. The lowest BCUT2D eigenvalue weighted by atomic mass is 10.1. The average molecular weight is 593 g/mol. The van der Waals surface area contributed by atoms with Gasteiger partial charge in [-0.1, -0.05) is 36.1 Å². The van der Waals surface area contributed by atoms with Gasteiger partial charge in [-0.25, -0.2) is 14.4 Å². The molecule has 42 heavy (non-hydrogen) atoms. The van der Waals surface area contributed by atoms with Crippen molar-refractivity contribution in [1.82, 2.24) is 19.9 Å².